The maximum Gasteiger partial charge on any atom is 0.0701 e. The number of para-hydroxylation sites is 5. The number of ether oxygens (including phenoxy) is 10. The topological polar surface area (TPSA) is 109 Å². The SMILES string of the molecule is CCCCN(CCOCCOC)c1ccccc1.CCCN(CCOCCOC)c1ccccc1.CCN(CCOCCOC)c1ccccc1.COCCOCCN(c1ccccc1)C(C)(C)C.COCCOCCN(c1ccccc1)C(C)C. The molecule has 0 heterocycles. The van der Waals surface area contributed by atoms with Gasteiger partial charge in [0.1, 0.15) is 0 Å². The van der Waals surface area contributed by atoms with Crippen LogP contribution >= 0.6 is 0 Å². The van der Waals surface area contributed by atoms with Crippen molar-refractivity contribution in [1.29, 1.82) is 0 Å². The van der Waals surface area contributed by atoms with Gasteiger partial charge in [0, 0.05) is 128 Å². The lowest BCUT2D eigenvalue weighted by Crippen LogP contribution is -2.43. The van der Waals surface area contributed by atoms with Crippen LogP contribution in [-0.4, -0.2) is 199 Å². The zero-order valence-electron chi connectivity index (χ0n) is 55.7. The number of unbranched alkanes of at least 4 members (excludes halogenated alkanes) is 1. The van der Waals surface area contributed by atoms with Crippen LogP contribution in [0.3, 0.4) is 0 Å². The first-order valence-corrected chi connectivity index (χ1v) is 31.3. The third-order valence-corrected chi connectivity index (χ3v) is 13.2. The fourth-order valence-electron chi connectivity index (χ4n) is 8.57. The molecule has 0 bridgehead atoms. The highest BCUT2D eigenvalue weighted by molar-refractivity contribution is 5.50. The van der Waals surface area contributed by atoms with Crippen molar-refractivity contribution >= 4 is 28.4 Å². The summed E-state index contributed by atoms with van der Waals surface area (Å²) < 4.78 is 52.3. The minimum Gasteiger partial charge on any atom is -0.382 e. The van der Waals surface area contributed by atoms with Crippen LogP contribution in [0.5, 0.6) is 0 Å². The Labute approximate surface area is 523 Å². The highest BCUT2D eigenvalue weighted by atomic mass is 16.5. The van der Waals surface area contributed by atoms with Crippen molar-refractivity contribution < 1.29 is 47.4 Å². The highest BCUT2D eigenvalue weighted by Crippen LogP contribution is 2.23. The summed E-state index contributed by atoms with van der Waals surface area (Å²) in [6.07, 6.45) is 3.58. The molecule has 0 radical (unpaired) electrons. The van der Waals surface area contributed by atoms with Crippen molar-refractivity contribution in [3.05, 3.63) is 152 Å². The lowest BCUT2D eigenvalue weighted by atomic mass is 10.0. The lowest BCUT2D eigenvalue weighted by Gasteiger charge is -2.37. The largest absolute Gasteiger partial charge is 0.382 e. The molecule has 0 fully saturated rings. The Bertz CT molecular complexity index is 2150. The van der Waals surface area contributed by atoms with E-state index in [0.717, 1.165) is 91.8 Å². The average molecular weight is 1200 g/mol. The van der Waals surface area contributed by atoms with Gasteiger partial charge in [-0.3, -0.25) is 0 Å². The normalized spacial score (nSPS) is 10.8. The predicted molar refractivity (Wildman–Crippen MR) is 363 cm³/mol. The number of hydrogen-bond acceptors (Lipinski definition) is 15. The molecule has 0 N–H and O–H groups in total. The maximum atomic E-state index is 5.55. The summed E-state index contributed by atoms with van der Waals surface area (Å²) in [5.74, 6) is 0. The molecule has 0 aromatic heterocycles. The highest BCUT2D eigenvalue weighted by Gasteiger charge is 2.21. The standard InChI is InChI=1S/2C15H25NO2.2C14H23NO2.C13H21NO2/c1-15(2,3)16(10-11-18-13-12-17-4)14-8-6-5-7-9-14;1-3-4-10-16(11-12-18-14-13-17-2)15-8-6-5-7-9-15;1-13(2)15(9-10-17-12-11-16-3)14-7-5-4-6-8-14;1-3-9-15(10-11-17-13-12-16-2)14-7-5-4-6-8-14;1-3-14(9-10-16-12-11-15-2)13-7-5-4-6-8-13/h5-9H,10-13H2,1-4H3;5-9H,3-4,10-14H2,1-2H3;4-8,13H,9-12H2,1-3H3;4-8H,3,9-13H2,1-2H3;4-8H,3,9-12H2,1-2H3. The van der Waals surface area contributed by atoms with Gasteiger partial charge in [0.05, 0.1) is 99.1 Å². The van der Waals surface area contributed by atoms with Crippen LogP contribution in [0.4, 0.5) is 28.4 Å². The van der Waals surface area contributed by atoms with E-state index < -0.39 is 0 Å². The molecule has 0 aliphatic carbocycles. The van der Waals surface area contributed by atoms with Gasteiger partial charge < -0.3 is 71.9 Å². The molecule has 15 heteroatoms. The smallest absolute Gasteiger partial charge is 0.0701 e. The summed E-state index contributed by atoms with van der Waals surface area (Å²) in [4.78, 5) is 11.7. The molecule has 0 unspecified atom stereocenters. The molecule has 0 saturated heterocycles. The Kier molecular flexibility index (Phi) is 50.4. The molecule has 86 heavy (non-hydrogen) atoms. The number of rotatable bonds is 42. The fourth-order valence-corrected chi connectivity index (χ4v) is 8.57. The van der Waals surface area contributed by atoms with Gasteiger partial charge in [-0.1, -0.05) is 111 Å². The molecular formula is C71H117N5O10. The van der Waals surface area contributed by atoms with Crippen molar-refractivity contribution in [3.8, 4) is 0 Å². The summed E-state index contributed by atoms with van der Waals surface area (Å²) >= 11 is 0. The van der Waals surface area contributed by atoms with Gasteiger partial charge in [-0.25, -0.2) is 0 Å². The van der Waals surface area contributed by atoms with E-state index in [1.807, 2.05) is 24.3 Å². The minimum atomic E-state index is 0.0893. The number of likely N-dealkylation sites (N-methyl/N-ethyl adjacent to an activating group) is 1. The van der Waals surface area contributed by atoms with Crippen molar-refractivity contribution in [2.75, 3.05) is 212 Å². The Morgan fingerprint density at radius 1 is 0.314 bits per heavy atom. The van der Waals surface area contributed by atoms with E-state index in [9.17, 15) is 0 Å². The van der Waals surface area contributed by atoms with E-state index in [2.05, 4.69) is 207 Å². The quantitative estimate of drug-likeness (QED) is 0.0346. The van der Waals surface area contributed by atoms with Gasteiger partial charge in [-0.2, -0.15) is 0 Å². The Balaban J connectivity index is 0.000000538. The van der Waals surface area contributed by atoms with Crippen molar-refractivity contribution in [3.63, 3.8) is 0 Å². The van der Waals surface area contributed by atoms with Crippen LogP contribution in [0, 0.1) is 0 Å². The average Bonchev–Trinajstić information content (AvgIpc) is 3.59. The number of anilines is 5. The minimum absolute atomic E-state index is 0.0893. The number of methoxy groups -OCH3 is 5. The monoisotopic (exact) mass is 1200 g/mol. The molecule has 5 aromatic carbocycles. The van der Waals surface area contributed by atoms with E-state index in [1.165, 1.54) is 41.3 Å². The fraction of sp³-hybridized carbons (Fsp3) is 0.577. The molecule has 5 rings (SSSR count). The molecule has 0 atom stereocenters. The maximum absolute atomic E-state index is 5.55. The third-order valence-electron chi connectivity index (χ3n) is 13.2. The van der Waals surface area contributed by atoms with Crippen LogP contribution in [0.15, 0.2) is 152 Å². The van der Waals surface area contributed by atoms with E-state index in [4.69, 9.17) is 47.4 Å². The molecule has 5 aromatic rings. The van der Waals surface area contributed by atoms with Crippen LogP contribution < -0.4 is 24.5 Å². The summed E-state index contributed by atoms with van der Waals surface area (Å²) in [7, 11) is 8.45. The Morgan fingerprint density at radius 2 is 0.616 bits per heavy atom. The molecule has 0 spiro atoms. The number of hydrogen-bond donors (Lipinski definition) is 0. The van der Waals surface area contributed by atoms with E-state index in [1.54, 1.807) is 35.5 Å². The van der Waals surface area contributed by atoms with E-state index in [0.29, 0.717) is 72.1 Å². The van der Waals surface area contributed by atoms with Gasteiger partial charge in [0.2, 0.25) is 0 Å². The second-order valence-electron chi connectivity index (χ2n) is 21.2. The number of nitrogens with zero attached hydrogens (tertiary/aromatic N) is 5. The second-order valence-corrected chi connectivity index (χ2v) is 21.2. The number of benzene rings is 5. The first-order valence-electron chi connectivity index (χ1n) is 31.3. The van der Waals surface area contributed by atoms with Gasteiger partial charge in [-0.05, 0) is 115 Å². The predicted octanol–water partition coefficient (Wildman–Crippen LogP) is 13.2. The van der Waals surface area contributed by atoms with Gasteiger partial charge in [0.25, 0.3) is 0 Å². The Morgan fingerprint density at radius 3 is 0.930 bits per heavy atom. The zero-order valence-corrected chi connectivity index (χ0v) is 55.7. The molecule has 15 nitrogen and oxygen atoms in total. The van der Waals surface area contributed by atoms with Gasteiger partial charge in [-0.15, -0.1) is 0 Å². The van der Waals surface area contributed by atoms with Crippen LogP contribution in [-0.2, 0) is 47.4 Å². The summed E-state index contributed by atoms with van der Waals surface area (Å²) in [5.41, 5.74) is 6.37. The third kappa shape index (κ3) is 40.2. The van der Waals surface area contributed by atoms with Crippen molar-refractivity contribution in [1.82, 2.24) is 0 Å². The molecule has 0 aliphatic rings. The van der Waals surface area contributed by atoms with E-state index in [-0.39, 0.29) is 5.54 Å². The molecule has 0 amide bonds. The molecular weight excluding hydrogens is 1080 g/mol. The first kappa shape index (κ1) is 78.7. The Hall–Kier alpha value is -5.30. The van der Waals surface area contributed by atoms with Crippen LogP contribution in [0.2, 0.25) is 0 Å². The van der Waals surface area contributed by atoms with Crippen LogP contribution in [0.1, 0.15) is 74.7 Å². The van der Waals surface area contributed by atoms with E-state index >= 15 is 0 Å². The van der Waals surface area contributed by atoms with Gasteiger partial charge in [0.15, 0.2) is 0 Å². The van der Waals surface area contributed by atoms with Gasteiger partial charge >= 0.3 is 0 Å². The van der Waals surface area contributed by atoms with Crippen LogP contribution in [0.25, 0.3) is 0 Å². The molecule has 486 valence electrons. The van der Waals surface area contributed by atoms with Crippen molar-refractivity contribution in [2.45, 2.75) is 86.2 Å². The summed E-state index contributed by atoms with van der Waals surface area (Å²) in [6, 6.07) is 52.8. The summed E-state index contributed by atoms with van der Waals surface area (Å²) in [5, 5.41) is 0. The first-order chi connectivity index (χ1) is 41.9. The summed E-state index contributed by atoms with van der Waals surface area (Å²) in [6.45, 7) is 35.7. The van der Waals surface area contributed by atoms with Crippen molar-refractivity contribution in [2.24, 2.45) is 0 Å². The lowest BCUT2D eigenvalue weighted by molar-refractivity contribution is 0.0728. The molecule has 0 aliphatic heterocycles. The molecule has 0 saturated carbocycles. The zero-order chi connectivity index (χ0) is 63.0. The second kappa shape index (κ2) is 55.0.